The monoisotopic (exact) mass is 238 g/mol. The second-order valence-electron chi connectivity index (χ2n) is 7.37. The second-order valence-corrected chi connectivity index (χ2v) is 7.37. The van der Waals surface area contributed by atoms with Crippen LogP contribution in [0.1, 0.15) is 48.0 Å². The highest BCUT2D eigenvalue weighted by Gasteiger charge is 2.67. The number of likely N-dealkylation sites (tertiary alicyclic amines) is 1. The summed E-state index contributed by atoms with van der Waals surface area (Å²) >= 11 is 0. The van der Waals surface area contributed by atoms with Gasteiger partial charge in [0.05, 0.1) is 0 Å². The maximum atomic E-state index is 3.48. The summed E-state index contributed by atoms with van der Waals surface area (Å²) in [4.78, 5) is 2.78. The Morgan fingerprint density at radius 2 is 1.59 bits per heavy atom. The van der Waals surface area contributed by atoms with Crippen LogP contribution in [-0.2, 0) is 0 Å². The molecule has 2 fully saturated rings. The largest absolute Gasteiger partial charge is 0.317 e. The summed E-state index contributed by atoms with van der Waals surface area (Å²) in [5.74, 6) is 0.751. The Hall–Kier alpha value is -0.0800. The highest BCUT2D eigenvalue weighted by molar-refractivity contribution is 5.19. The van der Waals surface area contributed by atoms with Gasteiger partial charge < -0.3 is 5.32 Å². The molecule has 0 spiro atoms. The van der Waals surface area contributed by atoms with Crippen LogP contribution in [0.5, 0.6) is 0 Å². The normalized spacial score (nSPS) is 41.5. The lowest BCUT2D eigenvalue weighted by atomic mass is 9.86. The molecule has 0 bridgehead atoms. The third-order valence-electron chi connectivity index (χ3n) is 6.26. The van der Waals surface area contributed by atoms with Crippen LogP contribution in [0.3, 0.4) is 0 Å². The van der Waals surface area contributed by atoms with Gasteiger partial charge in [-0.15, -0.1) is 0 Å². The minimum absolute atomic E-state index is 0.480. The predicted molar refractivity (Wildman–Crippen MR) is 74.1 cm³/mol. The minimum atomic E-state index is 0.480. The van der Waals surface area contributed by atoms with Crippen LogP contribution in [0.4, 0.5) is 0 Å². The number of nitrogens with one attached hydrogen (secondary N) is 1. The zero-order valence-corrected chi connectivity index (χ0v) is 12.7. The van der Waals surface area contributed by atoms with Gasteiger partial charge >= 0.3 is 0 Å². The molecule has 0 amide bonds. The van der Waals surface area contributed by atoms with Crippen molar-refractivity contribution in [2.75, 3.05) is 13.6 Å². The molecule has 3 unspecified atom stereocenters. The van der Waals surface area contributed by atoms with Crippen molar-refractivity contribution in [3.63, 3.8) is 0 Å². The molecule has 2 nitrogen and oxygen atoms in total. The molecule has 0 aromatic heterocycles. The van der Waals surface area contributed by atoms with Gasteiger partial charge in [0.1, 0.15) is 0 Å². The SMILES string of the molecule is CNC1CCN(C2C(C)(C)C2(C)C)C(C)C1C. The van der Waals surface area contributed by atoms with Gasteiger partial charge in [0, 0.05) is 24.7 Å². The predicted octanol–water partition coefficient (Wildman–Crippen LogP) is 2.74. The van der Waals surface area contributed by atoms with E-state index in [9.17, 15) is 0 Å². The fourth-order valence-corrected chi connectivity index (χ4v) is 4.15. The van der Waals surface area contributed by atoms with Crippen LogP contribution in [0, 0.1) is 16.7 Å². The maximum Gasteiger partial charge on any atom is 0.0212 e. The van der Waals surface area contributed by atoms with Gasteiger partial charge in [-0.25, -0.2) is 0 Å². The molecule has 2 heteroatoms. The summed E-state index contributed by atoms with van der Waals surface area (Å²) in [5, 5.41) is 3.48. The van der Waals surface area contributed by atoms with E-state index in [1.165, 1.54) is 13.0 Å². The van der Waals surface area contributed by atoms with Crippen LogP contribution in [0.25, 0.3) is 0 Å². The quantitative estimate of drug-likeness (QED) is 0.796. The molecule has 1 N–H and O–H groups in total. The first-order chi connectivity index (χ1) is 7.75. The second kappa shape index (κ2) is 3.96. The summed E-state index contributed by atoms with van der Waals surface area (Å²) in [7, 11) is 2.11. The molecule has 1 saturated carbocycles. The van der Waals surface area contributed by atoms with Crippen LogP contribution in [-0.4, -0.2) is 36.6 Å². The van der Waals surface area contributed by atoms with Crippen LogP contribution >= 0.6 is 0 Å². The Morgan fingerprint density at radius 3 is 2.00 bits per heavy atom. The maximum absolute atomic E-state index is 3.48. The molecule has 100 valence electrons. The molecule has 1 saturated heterocycles. The third-order valence-corrected chi connectivity index (χ3v) is 6.26. The van der Waals surface area contributed by atoms with Gasteiger partial charge in [-0.2, -0.15) is 0 Å². The van der Waals surface area contributed by atoms with E-state index in [1.807, 2.05) is 0 Å². The molecule has 2 rings (SSSR count). The van der Waals surface area contributed by atoms with Crippen molar-refractivity contribution in [2.45, 2.75) is 66.1 Å². The molecule has 0 aromatic carbocycles. The summed E-state index contributed by atoms with van der Waals surface area (Å²) in [5.41, 5.74) is 0.959. The van der Waals surface area contributed by atoms with Crippen molar-refractivity contribution in [1.82, 2.24) is 10.2 Å². The number of nitrogens with zero attached hydrogens (tertiary/aromatic N) is 1. The van der Waals surface area contributed by atoms with Crippen molar-refractivity contribution in [2.24, 2.45) is 16.7 Å². The zero-order chi connectivity index (χ0) is 13.0. The number of hydrogen-bond acceptors (Lipinski definition) is 2. The Balaban J connectivity index is 2.10. The van der Waals surface area contributed by atoms with Gasteiger partial charge in [0.2, 0.25) is 0 Å². The van der Waals surface area contributed by atoms with E-state index < -0.39 is 0 Å². The number of piperidine rings is 1. The number of rotatable bonds is 2. The molecule has 1 heterocycles. The van der Waals surface area contributed by atoms with Crippen LogP contribution in [0.15, 0.2) is 0 Å². The molecular weight excluding hydrogens is 208 g/mol. The van der Waals surface area contributed by atoms with Crippen molar-refractivity contribution < 1.29 is 0 Å². The van der Waals surface area contributed by atoms with Gasteiger partial charge in [-0.3, -0.25) is 4.90 Å². The van der Waals surface area contributed by atoms with E-state index in [4.69, 9.17) is 0 Å². The van der Waals surface area contributed by atoms with Crippen molar-refractivity contribution >= 4 is 0 Å². The summed E-state index contributed by atoms with van der Waals surface area (Å²) in [6.07, 6.45) is 1.30. The van der Waals surface area contributed by atoms with Gasteiger partial charge in [0.25, 0.3) is 0 Å². The highest BCUT2D eigenvalue weighted by Crippen LogP contribution is 2.66. The van der Waals surface area contributed by atoms with Gasteiger partial charge in [0.15, 0.2) is 0 Å². The first kappa shape index (κ1) is 13.4. The topological polar surface area (TPSA) is 15.3 Å². The Labute approximate surface area is 107 Å². The zero-order valence-electron chi connectivity index (χ0n) is 12.7. The molecular formula is C15H30N2. The van der Waals surface area contributed by atoms with E-state index >= 15 is 0 Å². The summed E-state index contributed by atoms with van der Waals surface area (Å²) in [6, 6.07) is 2.17. The molecule has 17 heavy (non-hydrogen) atoms. The molecule has 0 aromatic rings. The van der Waals surface area contributed by atoms with E-state index in [0.29, 0.717) is 22.9 Å². The lowest BCUT2D eigenvalue weighted by Gasteiger charge is -2.44. The van der Waals surface area contributed by atoms with Gasteiger partial charge in [-0.05, 0) is 37.1 Å². The van der Waals surface area contributed by atoms with Crippen LogP contribution in [0.2, 0.25) is 0 Å². The van der Waals surface area contributed by atoms with E-state index in [2.05, 4.69) is 58.8 Å². The van der Waals surface area contributed by atoms with Gasteiger partial charge in [-0.1, -0.05) is 34.6 Å². The fraction of sp³-hybridized carbons (Fsp3) is 1.00. The summed E-state index contributed by atoms with van der Waals surface area (Å²) < 4.78 is 0. The third kappa shape index (κ3) is 1.76. The van der Waals surface area contributed by atoms with Crippen LogP contribution < -0.4 is 5.32 Å². The Bertz CT molecular complexity index is 281. The number of hydrogen-bond donors (Lipinski definition) is 1. The Morgan fingerprint density at radius 1 is 1.06 bits per heavy atom. The first-order valence-corrected chi connectivity index (χ1v) is 7.18. The lowest BCUT2D eigenvalue weighted by Crippen LogP contribution is -2.54. The average Bonchev–Trinajstić information content (AvgIpc) is 2.63. The smallest absolute Gasteiger partial charge is 0.0212 e. The lowest BCUT2D eigenvalue weighted by molar-refractivity contribution is 0.0644. The molecule has 1 aliphatic heterocycles. The standard InChI is InChI=1S/C15H30N2/c1-10-11(2)17(9-8-12(10)16-7)13-14(3,4)15(13,5)6/h10-13,16H,8-9H2,1-7H3. The molecule has 0 radical (unpaired) electrons. The first-order valence-electron chi connectivity index (χ1n) is 7.18. The van der Waals surface area contributed by atoms with Crippen molar-refractivity contribution in [3.8, 4) is 0 Å². The Kier molecular flexibility index (Phi) is 3.11. The van der Waals surface area contributed by atoms with E-state index in [1.54, 1.807) is 0 Å². The molecule has 2 aliphatic rings. The van der Waals surface area contributed by atoms with E-state index in [0.717, 1.165) is 12.0 Å². The molecule has 3 atom stereocenters. The average molecular weight is 238 g/mol. The summed E-state index contributed by atoms with van der Waals surface area (Å²) in [6.45, 7) is 15.8. The van der Waals surface area contributed by atoms with Crippen molar-refractivity contribution in [1.29, 1.82) is 0 Å². The highest BCUT2D eigenvalue weighted by atomic mass is 15.3. The molecule has 1 aliphatic carbocycles. The van der Waals surface area contributed by atoms with Crippen molar-refractivity contribution in [3.05, 3.63) is 0 Å². The fourth-order valence-electron chi connectivity index (χ4n) is 4.15. The van der Waals surface area contributed by atoms with E-state index in [-0.39, 0.29) is 0 Å². The minimum Gasteiger partial charge on any atom is -0.317 e.